The molecule has 5 heteroatoms. The predicted molar refractivity (Wildman–Crippen MR) is 107 cm³/mol. The smallest absolute Gasteiger partial charge is 0.251 e. The fraction of sp³-hybridized carbons (Fsp3) is 0.652. The van der Waals surface area contributed by atoms with Gasteiger partial charge in [-0.05, 0) is 92.9 Å². The van der Waals surface area contributed by atoms with Gasteiger partial charge in [-0.15, -0.1) is 0 Å². The van der Waals surface area contributed by atoms with Crippen LogP contribution in [0.15, 0.2) is 24.3 Å². The van der Waals surface area contributed by atoms with E-state index < -0.39 is 6.04 Å². The van der Waals surface area contributed by atoms with Crippen molar-refractivity contribution in [3.8, 4) is 5.75 Å². The molecule has 5 fully saturated rings. The van der Waals surface area contributed by atoms with Gasteiger partial charge < -0.3 is 10.1 Å². The highest BCUT2D eigenvalue weighted by Gasteiger charge is 2.54. The molecular weight excluding hydrogens is 352 g/mol. The number of nitrogens with one attached hydrogen (secondary N) is 1. The summed E-state index contributed by atoms with van der Waals surface area (Å²) in [5.41, 5.74) is 0.952. The number of ether oxygens (including phenoxy) is 1. The Labute approximate surface area is 166 Å². The van der Waals surface area contributed by atoms with Gasteiger partial charge in [0.05, 0.1) is 25.3 Å². The Morgan fingerprint density at radius 1 is 1.04 bits per heavy atom. The van der Waals surface area contributed by atoms with Crippen LogP contribution >= 0.6 is 0 Å². The number of anilines is 1. The van der Waals surface area contributed by atoms with E-state index in [0.29, 0.717) is 16.9 Å². The van der Waals surface area contributed by atoms with E-state index in [-0.39, 0.29) is 24.3 Å². The molecular formula is C23H30N2O3. The highest BCUT2D eigenvalue weighted by molar-refractivity contribution is 6.22. The molecule has 0 radical (unpaired) electrons. The molecule has 2 amide bonds. The quantitative estimate of drug-likeness (QED) is 0.792. The van der Waals surface area contributed by atoms with Crippen molar-refractivity contribution in [3.63, 3.8) is 0 Å². The molecule has 1 saturated heterocycles. The standard InChI is InChI=1S/C23H30N2O3/c1-14(23-11-15-7-16(12-23)9-17(8-15)13-23)24-20-10-21(26)25(22(20)27)18-3-5-19(28-2)6-4-18/h3-6,14-17,20,24H,7-13H2,1-2H3. The molecule has 4 aliphatic carbocycles. The Bertz CT molecular complexity index is 752. The highest BCUT2D eigenvalue weighted by Crippen LogP contribution is 2.61. The van der Waals surface area contributed by atoms with Crippen LogP contribution in [-0.2, 0) is 9.59 Å². The summed E-state index contributed by atoms with van der Waals surface area (Å²) in [6.45, 7) is 2.25. The lowest BCUT2D eigenvalue weighted by molar-refractivity contribution is -0.122. The molecule has 1 heterocycles. The van der Waals surface area contributed by atoms with Crippen LogP contribution in [-0.4, -0.2) is 31.0 Å². The summed E-state index contributed by atoms with van der Waals surface area (Å²) in [4.78, 5) is 27.0. The van der Waals surface area contributed by atoms with Gasteiger partial charge in [0, 0.05) is 6.04 Å². The normalized spacial score (nSPS) is 37.6. The lowest BCUT2D eigenvalue weighted by Crippen LogP contribution is -2.57. The molecule has 2 atom stereocenters. The van der Waals surface area contributed by atoms with Crippen LogP contribution in [0.3, 0.4) is 0 Å². The fourth-order valence-electron chi connectivity index (χ4n) is 6.95. The van der Waals surface area contributed by atoms with Crippen LogP contribution in [0.2, 0.25) is 0 Å². The Kier molecular flexibility index (Phi) is 4.27. The average Bonchev–Trinajstić information content (AvgIpc) is 2.94. The second kappa shape index (κ2) is 6.58. The SMILES string of the molecule is COc1ccc(N2C(=O)CC(NC(C)C34CC5CC(CC(C5)C3)C4)C2=O)cc1. The van der Waals surface area contributed by atoms with Crippen molar-refractivity contribution in [2.75, 3.05) is 12.0 Å². The maximum Gasteiger partial charge on any atom is 0.251 e. The van der Waals surface area contributed by atoms with Crippen LogP contribution in [0.25, 0.3) is 0 Å². The maximum atomic E-state index is 13.0. The van der Waals surface area contributed by atoms with Gasteiger partial charge in [0.15, 0.2) is 0 Å². The molecule has 1 N–H and O–H groups in total. The molecule has 1 aromatic carbocycles. The van der Waals surface area contributed by atoms with E-state index in [1.54, 1.807) is 31.4 Å². The molecule has 1 aromatic rings. The predicted octanol–water partition coefficient (Wildman–Crippen LogP) is 3.52. The first-order valence-electron chi connectivity index (χ1n) is 10.7. The first-order valence-corrected chi connectivity index (χ1v) is 10.7. The molecule has 2 unspecified atom stereocenters. The lowest BCUT2D eigenvalue weighted by atomic mass is 9.48. The molecule has 6 rings (SSSR count). The number of benzene rings is 1. The van der Waals surface area contributed by atoms with E-state index in [0.717, 1.165) is 17.8 Å². The molecule has 1 aliphatic heterocycles. The van der Waals surface area contributed by atoms with Gasteiger partial charge in [-0.1, -0.05) is 0 Å². The van der Waals surface area contributed by atoms with E-state index in [2.05, 4.69) is 12.2 Å². The summed E-state index contributed by atoms with van der Waals surface area (Å²) >= 11 is 0. The van der Waals surface area contributed by atoms with E-state index in [9.17, 15) is 9.59 Å². The summed E-state index contributed by atoms with van der Waals surface area (Å²) in [5.74, 6) is 3.12. The summed E-state index contributed by atoms with van der Waals surface area (Å²) in [5, 5.41) is 3.60. The van der Waals surface area contributed by atoms with Crippen molar-refractivity contribution < 1.29 is 14.3 Å². The monoisotopic (exact) mass is 382 g/mol. The van der Waals surface area contributed by atoms with Crippen LogP contribution in [0, 0.1) is 23.2 Å². The van der Waals surface area contributed by atoms with Crippen LogP contribution < -0.4 is 15.0 Å². The summed E-state index contributed by atoms with van der Waals surface area (Å²) < 4.78 is 5.18. The van der Waals surface area contributed by atoms with Crippen molar-refractivity contribution in [2.45, 2.75) is 64.0 Å². The molecule has 150 valence electrons. The minimum Gasteiger partial charge on any atom is -0.497 e. The zero-order chi connectivity index (χ0) is 19.5. The third-order valence-corrected chi connectivity index (χ3v) is 7.93. The van der Waals surface area contributed by atoms with E-state index in [4.69, 9.17) is 4.74 Å². The van der Waals surface area contributed by atoms with Gasteiger partial charge >= 0.3 is 0 Å². The van der Waals surface area contributed by atoms with Crippen molar-refractivity contribution >= 4 is 17.5 Å². The first-order chi connectivity index (χ1) is 13.5. The number of rotatable bonds is 5. The first kappa shape index (κ1) is 18.2. The number of carbonyl (C=O) groups is 2. The average molecular weight is 383 g/mol. The van der Waals surface area contributed by atoms with Crippen molar-refractivity contribution in [3.05, 3.63) is 24.3 Å². The molecule has 28 heavy (non-hydrogen) atoms. The third-order valence-electron chi connectivity index (χ3n) is 7.93. The number of carbonyl (C=O) groups excluding carboxylic acids is 2. The Balaban J connectivity index is 1.31. The van der Waals surface area contributed by atoms with Crippen molar-refractivity contribution in [2.24, 2.45) is 23.2 Å². The molecule has 0 spiro atoms. The topological polar surface area (TPSA) is 58.6 Å². The summed E-state index contributed by atoms with van der Waals surface area (Å²) in [6.07, 6.45) is 8.38. The van der Waals surface area contributed by atoms with Crippen molar-refractivity contribution in [1.82, 2.24) is 5.32 Å². The highest BCUT2D eigenvalue weighted by atomic mass is 16.5. The molecule has 5 nitrogen and oxygen atoms in total. The minimum absolute atomic E-state index is 0.119. The van der Waals surface area contributed by atoms with Gasteiger partial charge in [-0.3, -0.25) is 9.59 Å². The Morgan fingerprint density at radius 2 is 1.61 bits per heavy atom. The van der Waals surface area contributed by atoms with Gasteiger partial charge in [-0.2, -0.15) is 0 Å². The molecule has 5 aliphatic rings. The Hall–Kier alpha value is -1.88. The van der Waals surface area contributed by atoms with Crippen molar-refractivity contribution in [1.29, 1.82) is 0 Å². The Morgan fingerprint density at radius 3 is 2.14 bits per heavy atom. The van der Waals surface area contributed by atoms with Gasteiger partial charge in [-0.25, -0.2) is 4.90 Å². The summed E-state index contributed by atoms with van der Waals surface area (Å²) in [6, 6.07) is 7.00. The van der Waals surface area contributed by atoms with Crippen LogP contribution in [0.4, 0.5) is 5.69 Å². The third kappa shape index (κ3) is 2.86. The van der Waals surface area contributed by atoms with E-state index in [1.807, 2.05) is 0 Å². The molecule has 4 saturated carbocycles. The van der Waals surface area contributed by atoms with E-state index >= 15 is 0 Å². The number of imide groups is 1. The molecule has 0 aromatic heterocycles. The zero-order valence-corrected chi connectivity index (χ0v) is 16.8. The maximum absolute atomic E-state index is 13.0. The van der Waals surface area contributed by atoms with Crippen LogP contribution in [0.5, 0.6) is 5.75 Å². The summed E-state index contributed by atoms with van der Waals surface area (Å²) in [7, 11) is 1.60. The largest absolute Gasteiger partial charge is 0.497 e. The minimum atomic E-state index is -0.405. The number of methoxy groups -OCH3 is 1. The van der Waals surface area contributed by atoms with Crippen LogP contribution in [0.1, 0.15) is 51.9 Å². The van der Waals surface area contributed by atoms with Gasteiger partial charge in [0.1, 0.15) is 5.75 Å². The molecule has 4 bridgehead atoms. The van der Waals surface area contributed by atoms with Gasteiger partial charge in [0.25, 0.3) is 5.91 Å². The van der Waals surface area contributed by atoms with E-state index in [1.165, 1.54) is 43.4 Å². The zero-order valence-electron chi connectivity index (χ0n) is 16.8. The van der Waals surface area contributed by atoms with Gasteiger partial charge in [0.2, 0.25) is 5.91 Å². The second-order valence-electron chi connectivity index (χ2n) is 9.69. The number of amides is 2. The number of hydrogen-bond acceptors (Lipinski definition) is 4. The fourth-order valence-corrected chi connectivity index (χ4v) is 6.95. The number of nitrogens with zero attached hydrogens (tertiary/aromatic N) is 1. The lowest BCUT2D eigenvalue weighted by Gasteiger charge is -2.59. The second-order valence-corrected chi connectivity index (χ2v) is 9.69. The number of hydrogen-bond donors (Lipinski definition) is 1.